The maximum atomic E-state index is 13.0. The smallest absolute Gasteiger partial charge is 0.339 e. The van der Waals surface area contributed by atoms with Gasteiger partial charge in [-0.1, -0.05) is 0 Å². The number of thioether (sulfide) groups is 1. The number of esters is 1. The third-order valence-corrected chi connectivity index (χ3v) is 5.60. The summed E-state index contributed by atoms with van der Waals surface area (Å²) in [6.45, 7) is 4.88. The number of nitrogens with zero attached hydrogens (tertiary/aromatic N) is 3. The Bertz CT molecular complexity index is 830. The third-order valence-electron chi connectivity index (χ3n) is 4.61. The number of aromatic nitrogens is 1. The van der Waals surface area contributed by atoms with Gasteiger partial charge >= 0.3 is 5.97 Å². The average Bonchev–Trinajstić information content (AvgIpc) is 3.00. The summed E-state index contributed by atoms with van der Waals surface area (Å²) in [5.74, 6) is 0.535. The van der Waals surface area contributed by atoms with Gasteiger partial charge < -0.3 is 14.5 Å². The van der Waals surface area contributed by atoms with Crippen molar-refractivity contribution in [2.75, 3.05) is 43.4 Å². The SMILES string of the molecule is CCOC(=O)c1ccc(N2CCCN(C(=O)CSc3ccc(F)cc3)CC2)nc1. The highest BCUT2D eigenvalue weighted by molar-refractivity contribution is 8.00. The van der Waals surface area contributed by atoms with E-state index < -0.39 is 0 Å². The number of benzene rings is 1. The summed E-state index contributed by atoms with van der Waals surface area (Å²) in [5, 5.41) is 0. The Kier molecular flexibility index (Phi) is 7.46. The van der Waals surface area contributed by atoms with Crippen LogP contribution in [0.5, 0.6) is 0 Å². The first-order chi connectivity index (χ1) is 14.1. The lowest BCUT2D eigenvalue weighted by molar-refractivity contribution is -0.128. The molecule has 0 bridgehead atoms. The minimum Gasteiger partial charge on any atom is -0.462 e. The molecule has 0 unspecified atom stereocenters. The summed E-state index contributed by atoms with van der Waals surface area (Å²) in [7, 11) is 0. The lowest BCUT2D eigenvalue weighted by atomic mass is 10.2. The van der Waals surface area contributed by atoms with Gasteiger partial charge in [-0.05, 0) is 49.7 Å². The number of hydrogen-bond donors (Lipinski definition) is 0. The molecule has 29 heavy (non-hydrogen) atoms. The van der Waals surface area contributed by atoms with Gasteiger partial charge in [0.15, 0.2) is 0 Å². The van der Waals surface area contributed by atoms with Crippen LogP contribution >= 0.6 is 11.8 Å². The second-order valence-electron chi connectivity index (χ2n) is 6.59. The first-order valence-electron chi connectivity index (χ1n) is 9.61. The standard InChI is InChI=1S/C21H24FN3O3S/c1-2-28-21(27)16-4-9-19(23-14-16)24-10-3-11-25(13-12-24)20(26)15-29-18-7-5-17(22)6-8-18/h4-9,14H,2-3,10-13,15H2,1H3. The van der Waals surface area contributed by atoms with Gasteiger partial charge in [0.05, 0.1) is 17.9 Å². The summed E-state index contributed by atoms with van der Waals surface area (Å²) >= 11 is 1.42. The van der Waals surface area contributed by atoms with Crippen LogP contribution in [-0.4, -0.2) is 60.3 Å². The van der Waals surface area contributed by atoms with Gasteiger partial charge in [-0.3, -0.25) is 4.79 Å². The number of carbonyl (C=O) groups is 2. The molecule has 2 aromatic rings. The van der Waals surface area contributed by atoms with E-state index in [1.807, 2.05) is 11.0 Å². The number of halogens is 1. The third kappa shape index (κ3) is 5.93. The summed E-state index contributed by atoms with van der Waals surface area (Å²) < 4.78 is 18.0. The molecule has 0 spiro atoms. The van der Waals surface area contributed by atoms with E-state index in [1.165, 1.54) is 30.1 Å². The zero-order chi connectivity index (χ0) is 20.6. The van der Waals surface area contributed by atoms with Crippen LogP contribution < -0.4 is 4.90 Å². The topological polar surface area (TPSA) is 62.7 Å². The molecule has 0 atom stereocenters. The summed E-state index contributed by atoms with van der Waals surface area (Å²) in [5.41, 5.74) is 0.431. The van der Waals surface area contributed by atoms with Crippen LogP contribution in [0.25, 0.3) is 0 Å². The average molecular weight is 418 g/mol. The molecule has 3 rings (SSSR count). The van der Waals surface area contributed by atoms with Crippen molar-refractivity contribution in [3.63, 3.8) is 0 Å². The van der Waals surface area contributed by atoms with Gasteiger partial charge in [0, 0.05) is 37.3 Å². The Balaban J connectivity index is 1.52. The molecular formula is C21H24FN3O3S. The molecule has 0 saturated carbocycles. The van der Waals surface area contributed by atoms with Crippen LogP contribution in [0.15, 0.2) is 47.5 Å². The fraction of sp³-hybridized carbons (Fsp3) is 0.381. The molecule has 1 aliphatic rings. The lowest BCUT2D eigenvalue weighted by Gasteiger charge is -2.23. The molecule has 154 valence electrons. The zero-order valence-corrected chi connectivity index (χ0v) is 17.2. The molecule has 0 aliphatic carbocycles. The van der Waals surface area contributed by atoms with Crippen molar-refractivity contribution in [3.8, 4) is 0 Å². The zero-order valence-electron chi connectivity index (χ0n) is 16.3. The highest BCUT2D eigenvalue weighted by Crippen LogP contribution is 2.20. The van der Waals surface area contributed by atoms with E-state index in [9.17, 15) is 14.0 Å². The minimum atomic E-state index is -0.377. The monoisotopic (exact) mass is 417 g/mol. The Morgan fingerprint density at radius 1 is 1.10 bits per heavy atom. The number of carbonyl (C=O) groups excluding carboxylic acids is 2. The Morgan fingerprint density at radius 3 is 2.59 bits per heavy atom. The Morgan fingerprint density at radius 2 is 1.90 bits per heavy atom. The highest BCUT2D eigenvalue weighted by atomic mass is 32.2. The van der Waals surface area contributed by atoms with Crippen molar-refractivity contribution in [3.05, 3.63) is 54.0 Å². The van der Waals surface area contributed by atoms with Crippen LogP contribution in [0.2, 0.25) is 0 Å². The minimum absolute atomic E-state index is 0.0757. The van der Waals surface area contributed by atoms with Gasteiger partial charge in [-0.25, -0.2) is 14.2 Å². The first kappa shape index (κ1) is 21.1. The molecule has 1 saturated heterocycles. The first-order valence-corrected chi connectivity index (χ1v) is 10.6. The Labute approximate surface area is 174 Å². The summed E-state index contributed by atoms with van der Waals surface area (Å²) in [6.07, 6.45) is 2.37. The van der Waals surface area contributed by atoms with E-state index in [-0.39, 0.29) is 17.7 Å². The normalized spacial score (nSPS) is 14.4. The second-order valence-corrected chi connectivity index (χ2v) is 7.64. The molecule has 6 nitrogen and oxygen atoms in total. The number of amides is 1. The van der Waals surface area contributed by atoms with Crippen molar-refractivity contribution in [1.29, 1.82) is 0 Å². The molecule has 1 aromatic heterocycles. The predicted molar refractivity (Wildman–Crippen MR) is 111 cm³/mol. The van der Waals surface area contributed by atoms with E-state index in [0.29, 0.717) is 37.6 Å². The van der Waals surface area contributed by atoms with Gasteiger partial charge in [0.2, 0.25) is 5.91 Å². The number of rotatable bonds is 6. The van der Waals surface area contributed by atoms with Gasteiger partial charge in [-0.15, -0.1) is 11.8 Å². The van der Waals surface area contributed by atoms with E-state index >= 15 is 0 Å². The van der Waals surface area contributed by atoms with E-state index in [1.54, 1.807) is 25.1 Å². The van der Waals surface area contributed by atoms with Crippen LogP contribution in [0, 0.1) is 5.82 Å². The van der Waals surface area contributed by atoms with Crippen LogP contribution in [0.3, 0.4) is 0 Å². The van der Waals surface area contributed by atoms with Gasteiger partial charge in [-0.2, -0.15) is 0 Å². The highest BCUT2D eigenvalue weighted by Gasteiger charge is 2.20. The number of ether oxygens (including phenoxy) is 1. The number of pyridine rings is 1. The number of hydrogen-bond acceptors (Lipinski definition) is 6. The molecule has 1 aromatic carbocycles. The maximum absolute atomic E-state index is 13.0. The van der Waals surface area contributed by atoms with E-state index in [0.717, 1.165) is 23.7 Å². The Hall–Kier alpha value is -2.61. The van der Waals surface area contributed by atoms with Crippen LogP contribution in [-0.2, 0) is 9.53 Å². The molecule has 0 N–H and O–H groups in total. The molecule has 1 amide bonds. The lowest BCUT2D eigenvalue weighted by Crippen LogP contribution is -2.36. The van der Waals surface area contributed by atoms with Crippen LogP contribution in [0.1, 0.15) is 23.7 Å². The molecule has 1 fully saturated rings. The van der Waals surface area contributed by atoms with Crippen molar-refractivity contribution < 1.29 is 18.7 Å². The summed E-state index contributed by atoms with van der Waals surface area (Å²) in [4.78, 5) is 33.6. The largest absolute Gasteiger partial charge is 0.462 e. The summed E-state index contributed by atoms with van der Waals surface area (Å²) in [6, 6.07) is 9.70. The fourth-order valence-electron chi connectivity index (χ4n) is 3.07. The van der Waals surface area contributed by atoms with Crippen molar-refractivity contribution >= 4 is 29.5 Å². The van der Waals surface area contributed by atoms with Crippen LogP contribution in [0.4, 0.5) is 10.2 Å². The van der Waals surface area contributed by atoms with E-state index in [2.05, 4.69) is 9.88 Å². The molecule has 8 heteroatoms. The fourth-order valence-corrected chi connectivity index (χ4v) is 3.87. The quantitative estimate of drug-likeness (QED) is 0.531. The number of anilines is 1. The van der Waals surface area contributed by atoms with E-state index in [4.69, 9.17) is 4.74 Å². The van der Waals surface area contributed by atoms with Gasteiger partial charge in [0.25, 0.3) is 0 Å². The molecule has 1 aliphatic heterocycles. The maximum Gasteiger partial charge on any atom is 0.339 e. The van der Waals surface area contributed by atoms with Gasteiger partial charge in [0.1, 0.15) is 11.6 Å². The molecular weight excluding hydrogens is 393 g/mol. The molecule has 2 heterocycles. The van der Waals surface area contributed by atoms with Crippen molar-refractivity contribution in [2.24, 2.45) is 0 Å². The second kappa shape index (κ2) is 10.2. The van der Waals surface area contributed by atoms with Crippen molar-refractivity contribution in [2.45, 2.75) is 18.2 Å². The predicted octanol–water partition coefficient (Wildman–Crippen LogP) is 3.23. The van der Waals surface area contributed by atoms with Crippen molar-refractivity contribution in [1.82, 2.24) is 9.88 Å². The molecule has 0 radical (unpaired) electrons.